The summed E-state index contributed by atoms with van der Waals surface area (Å²) in [4.78, 5) is 0. The van der Waals surface area contributed by atoms with Crippen molar-refractivity contribution in [3.05, 3.63) is 0 Å². The van der Waals surface area contributed by atoms with Crippen LogP contribution >= 0.6 is 11.8 Å². The summed E-state index contributed by atoms with van der Waals surface area (Å²) in [5, 5.41) is 4.62. The van der Waals surface area contributed by atoms with Gasteiger partial charge < -0.3 is 5.32 Å². The highest BCUT2D eigenvalue weighted by molar-refractivity contribution is 7.99. The standard InChI is InChI=1S/C13H25NS/c1-2-6-12(7-3-1)10-14-11-13-8-4-5-9-15-13/h12-14H,1-11H2. The van der Waals surface area contributed by atoms with Crippen LogP contribution in [0.5, 0.6) is 0 Å². The zero-order valence-corrected chi connectivity index (χ0v) is 10.7. The monoisotopic (exact) mass is 227 g/mol. The van der Waals surface area contributed by atoms with Crippen LogP contribution in [0.1, 0.15) is 51.4 Å². The molecule has 1 heterocycles. The molecule has 1 saturated heterocycles. The minimum Gasteiger partial charge on any atom is -0.315 e. The lowest BCUT2D eigenvalue weighted by molar-refractivity contribution is 0.342. The van der Waals surface area contributed by atoms with E-state index in [-0.39, 0.29) is 0 Å². The molecule has 0 aromatic heterocycles. The summed E-state index contributed by atoms with van der Waals surface area (Å²) in [7, 11) is 0. The predicted molar refractivity (Wildman–Crippen MR) is 69.5 cm³/mol. The molecule has 2 fully saturated rings. The highest BCUT2D eigenvalue weighted by Gasteiger charge is 2.16. The molecule has 88 valence electrons. The lowest BCUT2D eigenvalue weighted by Gasteiger charge is -2.25. The van der Waals surface area contributed by atoms with E-state index in [1.807, 2.05) is 0 Å². The molecule has 1 nitrogen and oxygen atoms in total. The van der Waals surface area contributed by atoms with Crippen LogP contribution in [0.25, 0.3) is 0 Å². The number of thioether (sulfide) groups is 1. The molecule has 1 aliphatic carbocycles. The predicted octanol–water partition coefficient (Wildman–Crippen LogP) is 3.44. The molecule has 0 aromatic carbocycles. The van der Waals surface area contributed by atoms with Crippen molar-refractivity contribution < 1.29 is 0 Å². The zero-order valence-electron chi connectivity index (χ0n) is 9.84. The molecule has 1 N–H and O–H groups in total. The minimum atomic E-state index is 0.919. The summed E-state index contributed by atoms with van der Waals surface area (Å²) in [6.07, 6.45) is 11.7. The number of rotatable bonds is 4. The quantitative estimate of drug-likeness (QED) is 0.789. The topological polar surface area (TPSA) is 12.0 Å². The lowest BCUT2D eigenvalue weighted by Crippen LogP contribution is -2.31. The van der Waals surface area contributed by atoms with Gasteiger partial charge in [-0.2, -0.15) is 11.8 Å². The van der Waals surface area contributed by atoms with Gasteiger partial charge >= 0.3 is 0 Å². The summed E-state index contributed by atoms with van der Waals surface area (Å²) in [6, 6.07) is 0. The first-order valence-corrected chi connectivity index (χ1v) is 7.82. The molecule has 2 aliphatic rings. The number of hydrogen-bond donors (Lipinski definition) is 1. The first-order chi connectivity index (χ1) is 7.45. The van der Waals surface area contributed by atoms with Gasteiger partial charge in [-0.1, -0.05) is 25.7 Å². The van der Waals surface area contributed by atoms with Crippen molar-refractivity contribution in [1.29, 1.82) is 0 Å². The Balaban J connectivity index is 1.53. The van der Waals surface area contributed by atoms with Crippen molar-refractivity contribution >= 4 is 11.8 Å². The van der Waals surface area contributed by atoms with Crippen LogP contribution in [0, 0.1) is 5.92 Å². The van der Waals surface area contributed by atoms with E-state index in [0.717, 1.165) is 11.2 Å². The highest BCUT2D eigenvalue weighted by Crippen LogP contribution is 2.25. The van der Waals surface area contributed by atoms with E-state index in [1.165, 1.54) is 70.2 Å². The second-order valence-corrected chi connectivity index (χ2v) is 6.56. The maximum absolute atomic E-state index is 3.70. The van der Waals surface area contributed by atoms with Crippen molar-refractivity contribution in [2.45, 2.75) is 56.6 Å². The average molecular weight is 227 g/mol. The molecule has 0 bridgehead atoms. The van der Waals surface area contributed by atoms with E-state index < -0.39 is 0 Å². The molecular formula is C13H25NS. The third kappa shape index (κ3) is 4.36. The Hall–Kier alpha value is 0.310. The maximum atomic E-state index is 3.70. The molecule has 2 rings (SSSR count). The Bertz CT molecular complexity index is 142. The maximum Gasteiger partial charge on any atom is 0.0172 e. The fourth-order valence-corrected chi connectivity index (χ4v) is 4.08. The summed E-state index contributed by atoms with van der Waals surface area (Å²) in [5.74, 6) is 2.39. The van der Waals surface area contributed by atoms with E-state index in [2.05, 4.69) is 17.1 Å². The minimum absolute atomic E-state index is 0.919. The van der Waals surface area contributed by atoms with Gasteiger partial charge in [0.1, 0.15) is 0 Å². The van der Waals surface area contributed by atoms with Crippen LogP contribution in [0.2, 0.25) is 0 Å². The molecule has 15 heavy (non-hydrogen) atoms. The fourth-order valence-electron chi connectivity index (χ4n) is 2.81. The fraction of sp³-hybridized carbons (Fsp3) is 1.00. The van der Waals surface area contributed by atoms with Crippen molar-refractivity contribution in [2.24, 2.45) is 5.92 Å². The van der Waals surface area contributed by atoms with E-state index in [1.54, 1.807) is 0 Å². The van der Waals surface area contributed by atoms with Crippen molar-refractivity contribution in [3.63, 3.8) is 0 Å². The van der Waals surface area contributed by atoms with Gasteiger partial charge in [-0.05, 0) is 43.9 Å². The molecule has 1 aliphatic heterocycles. The second-order valence-electron chi connectivity index (χ2n) is 5.15. The van der Waals surface area contributed by atoms with Crippen LogP contribution in [0.4, 0.5) is 0 Å². The van der Waals surface area contributed by atoms with Gasteiger partial charge in [0.2, 0.25) is 0 Å². The first-order valence-electron chi connectivity index (χ1n) is 6.77. The van der Waals surface area contributed by atoms with Gasteiger partial charge in [-0.25, -0.2) is 0 Å². The molecule has 2 heteroatoms. The molecule has 0 spiro atoms. The molecule has 1 saturated carbocycles. The Morgan fingerprint density at radius 3 is 2.40 bits per heavy atom. The van der Waals surface area contributed by atoms with Gasteiger partial charge in [-0.15, -0.1) is 0 Å². The van der Waals surface area contributed by atoms with Crippen LogP contribution in [0.3, 0.4) is 0 Å². The highest BCUT2D eigenvalue weighted by atomic mass is 32.2. The third-order valence-electron chi connectivity index (χ3n) is 3.80. The molecule has 1 unspecified atom stereocenters. The van der Waals surface area contributed by atoms with Crippen LogP contribution in [-0.4, -0.2) is 24.1 Å². The third-order valence-corrected chi connectivity index (χ3v) is 5.20. The summed E-state index contributed by atoms with van der Waals surface area (Å²) in [5.41, 5.74) is 0. The van der Waals surface area contributed by atoms with Crippen LogP contribution in [-0.2, 0) is 0 Å². The SMILES string of the molecule is C1CCC(CNCC2CCCCS2)CC1. The lowest BCUT2D eigenvalue weighted by atomic mass is 9.89. The molecular weight excluding hydrogens is 202 g/mol. The van der Waals surface area contributed by atoms with Crippen LogP contribution in [0.15, 0.2) is 0 Å². The molecule has 0 aromatic rings. The van der Waals surface area contributed by atoms with Gasteiger partial charge in [0.15, 0.2) is 0 Å². The largest absolute Gasteiger partial charge is 0.315 e. The van der Waals surface area contributed by atoms with Gasteiger partial charge in [0, 0.05) is 11.8 Å². The van der Waals surface area contributed by atoms with Gasteiger partial charge in [0.25, 0.3) is 0 Å². The Morgan fingerprint density at radius 2 is 1.67 bits per heavy atom. The van der Waals surface area contributed by atoms with E-state index in [9.17, 15) is 0 Å². The first kappa shape index (κ1) is 11.8. The molecule has 0 radical (unpaired) electrons. The van der Waals surface area contributed by atoms with E-state index in [4.69, 9.17) is 0 Å². The van der Waals surface area contributed by atoms with Gasteiger partial charge in [-0.3, -0.25) is 0 Å². The molecule has 0 amide bonds. The summed E-state index contributed by atoms with van der Waals surface area (Å²) < 4.78 is 0. The molecule has 1 atom stereocenters. The summed E-state index contributed by atoms with van der Waals surface area (Å²) in [6.45, 7) is 2.55. The average Bonchev–Trinajstić information content (AvgIpc) is 2.32. The second kappa shape index (κ2) is 6.80. The Labute approximate surface area is 98.8 Å². The zero-order chi connectivity index (χ0) is 10.3. The number of nitrogens with one attached hydrogen (secondary N) is 1. The van der Waals surface area contributed by atoms with Crippen molar-refractivity contribution in [2.75, 3.05) is 18.8 Å². The summed E-state index contributed by atoms with van der Waals surface area (Å²) >= 11 is 2.19. The van der Waals surface area contributed by atoms with Gasteiger partial charge in [0.05, 0.1) is 0 Å². The van der Waals surface area contributed by atoms with Crippen molar-refractivity contribution in [3.8, 4) is 0 Å². The smallest absolute Gasteiger partial charge is 0.0172 e. The normalized spacial score (nSPS) is 29.2. The van der Waals surface area contributed by atoms with E-state index >= 15 is 0 Å². The number of hydrogen-bond acceptors (Lipinski definition) is 2. The van der Waals surface area contributed by atoms with Crippen LogP contribution < -0.4 is 5.32 Å². The van der Waals surface area contributed by atoms with E-state index in [0.29, 0.717) is 0 Å². The Kier molecular flexibility index (Phi) is 5.34. The Morgan fingerprint density at radius 1 is 0.867 bits per heavy atom. The van der Waals surface area contributed by atoms with Crippen molar-refractivity contribution in [1.82, 2.24) is 5.32 Å².